The second kappa shape index (κ2) is 3.63. The van der Waals surface area contributed by atoms with Gasteiger partial charge in [-0.25, -0.2) is 4.79 Å². The lowest BCUT2D eigenvalue weighted by Crippen LogP contribution is -2.41. The number of methoxy groups -OCH3 is 1. The fourth-order valence-electron chi connectivity index (χ4n) is 2.19. The minimum absolute atomic E-state index is 0.0916. The van der Waals surface area contributed by atoms with Gasteiger partial charge in [0.25, 0.3) is 0 Å². The molecule has 4 heteroatoms. The summed E-state index contributed by atoms with van der Waals surface area (Å²) >= 11 is 0. The van der Waals surface area contributed by atoms with E-state index >= 15 is 0 Å². The van der Waals surface area contributed by atoms with E-state index in [-0.39, 0.29) is 11.6 Å². The number of nitrogens with zero attached hydrogens (tertiary/aromatic N) is 1. The Kier molecular flexibility index (Phi) is 2.42. The number of aliphatic carboxylic acids is 1. The number of carbonyl (C=O) groups is 1. The molecule has 1 N–H and O–H groups in total. The number of hydrogen-bond donors (Lipinski definition) is 1. The fraction of sp³-hybridized carbons (Fsp3) is 0.333. The molecule has 0 saturated carbocycles. The summed E-state index contributed by atoms with van der Waals surface area (Å²) in [4.78, 5) is 15.1. The monoisotopic (exact) mass is 219 g/mol. The second-order valence-electron chi connectivity index (χ2n) is 4.02. The molecular weight excluding hydrogens is 206 g/mol. The van der Waals surface area contributed by atoms with E-state index < -0.39 is 11.4 Å². The van der Waals surface area contributed by atoms with Crippen molar-refractivity contribution in [2.75, 3.05) is 7.11 Å². The number of rotatable bonds is 2. The van der Waals surface area contributed by atoms with Gasteiger partial charge in [0.05, 0.1) is 13.0 Å². The lowest BCUT2D eigenvalue weighted by atomic mass is 9.69. The van der Waals surface area contributed by atoms with Crippen LogP contribution in [0.15, 0.2) is 41.3 Å². The van der Waals surface area contributed by atoms with Gasteiger partial charge in [0, 0.05) is 11.6 Å². The van der Waals surface area contributed by atoms with Gasteiger partial charge in [-0.05, 0) is 13.0 Å². The van der Waals surface area contributed by atoms with E-state index in [0.29, 0.717) is 0 Å². The normalized spacial score (nSPS) is 31.5. The minimum Gasteiger partial charge on any atom is -0.500 e. The summed E-state index contributed by atoms with van der Waals surface area (Å²) in [5.74, 6) is -0.320. The Morgan fingerprint density at radius 2 is 2.38 bits per heavy atom. The number of hydrogen-bond acceptors (Lipinski definition) is 3. The zero-order chi connectivity index (χ0) is 11.8. The van der Waals surface area contributed by atoms with Gasteiger partial charge < -0.3 is 9.84 Å². The lowest BCUT2D eigenvalue weighted by molar-refractivity contribution is -0.129. The Labute approximate surface area is 93.6 Å². The van der Waals surface area contributed by atoms with E-state index in [0.717, 1.165) is 5.76 Å². The summed E-state index contributed by atoms with van der Waals surface area (Å²) in [6.07, 6.45) is 8.91. The van der Waals surface area contributed by atoms with E-state index in [1.807, 2.05) is 31.2 Å². The van der Waals surface area contributed by atoms with E-state index in [2.05, 4.69) is 4.99 Å². The van der Waals surface area contributed by atoms with Crippen molar-refractivity contribution < 1.29 is 14.6 Å². The van der Waals surface area contributed by atoms with Crippen molar-refractivity contribution in [3.05, 3.63) is 36.3 Å². The number of carboxylic acid groups (broad SMARTS) is 1. The molecule has 2 aliphatic rings. The van der Waals surface area contributed by atoms with Gasteiger partial charge in [-0.15, -0.1) is 0 Å². The first-order chi connectivity index (χ1) is 7.59. The Hall–Kier alpha value is -1.84. The number of ether oxygens (including phenoxy) is 1. The smallest absolute Gasteiger partial charge is 0.351 e. The summed E-state index contributed by atoms with van der Waals surface area (Å²) < 4.78 is 5.26. The zero-order valence-electron chi connectivity index (χ0n) is 9.18. The van der Waals surface area contributed by atoms with Crippen molar-refractivity contribution >= 4 is 11.7 Å². The molecule has 1 unspecified atom stereocenters. The van der Waals surface area contributed by atoms with Crippen molar-refractivity contribution in [3.8, 4) is 0 Å². The van der Waals surface area contributed by atoms with E-state index in [4.69, 9.17) is 9.84 Å². The fourth-order valence-corrected chi connectivity index (χ4v) is 2.19. The van der Waals surface area contributed by atoms with Crippen molar-refractivity contribution in [1.82, 2.24) is 0 Å². The van der Waals surface area contributed by atoms with Gasteiger partial charge in [0.2, 0.25) is 0 Å². The van der Waals surface area contributed by atoms with Crippen molar-refractivity contribution in [2.45, 2.75) is 6.92 Å². The van der Waals surface area contributed by atoms with Gasteiger partial charge in [-0.1, -0.05) is 18.2 Å². The maximum Gasteiger partial charge on any atom is 0.351 e. The van der Waals surface area contributed by atoms with E-state index in [1.54, 1.807) is 7.11 Å². The zero-order valence-corrected chi connectivity index (χ0v) is 9.18. The van der Waals surface area contributed by atoms with Crippen molar-refractivity contribution in [2.24, 2.45) is 16.3 Å². The predicted molar refractivity (Wildman–Crippen MR) is 60.0 cm³/mol. The largest absolute Gasteiger partial charge is 0.500 e. The molecule has 2 rings (SSSR count). The molecule has 4 nitrogen and oxygen atoms in total. The van der Waals surface area contributed by atoms with Crippen LogP contribution in [-0.2, 0) is 9.53 Å². The summed E-state index contributed by atoms with van der Waals surface area (Å²) in [5.41, 5.74) is -0.473. The average Bonchev–Trinajstić information content (AvgIpc) is 2.26. The van der Waals surface area contributed by atoms with Crippen LogP contribution in [0.2, 0.25) is 0 Å². The molecular formula is C12H13NO3. The van der Waals surface area contributed by atoms with Gasteiger partial charge in [0.1, 0.15) is 11.5 Å². The van der Waals surface area contributed by atoms with Gasteiger partial charge in [0.15, 0.2) is 0 Å². The number of fused-ring (bicyclic) bond motifs is 1. The first-order valence-corrected chi connectivity index (χ1v) is 5.01. The highest BCUT2D eigenvalue weighted by Gasteiger charge is 2.44. The molecule has 1 aliphatic carbocycles. The molecule has 0 aromatic rings. The van der Waals surface area contributed by atoms with Gasteiger partial charge >= 0.3 is 5.97 Å². The number of carboxylic acids is 1. The third-order valence-corrected chi connectivity index (χ3v) is 3.09. The topological polar surface area (TPSA) is 58.9 Å². The summed E-state index contributed by atoms with van der Waals surface area (Å²) in [5, 5.41) is 9.14. The quantitative estimate of drug-likeness (QED) is 0.769. The highest BCUT2D eigenvalue weighted by molar-refractivity contribution is 6.38. The van der Waals surface area contributed by atoms with Crippen molar-refractivity contribution in [1.29, 1.82) is 0 Å². The molecule has 0 aromatic carbocycles. The van der Waals surface area contributed by atoms with Gasteiger partial charge in [-0.3, -0.25) is 4.99 Å². The third kappa shape index (κ3) is 1.38. The standard InChI is InChI=1S/C12H13NO3/c1-12-6-3-4-9(16-2)8(12)5-7-13-10(12)11(14)15/h3-8H,1-2H3,(H,14,15)/t8?,12-/m1/s1. The minimum atomic E-state index is -0.987. The Morgan fingerprint density at radius 1 is 1.62 bits per heavy atom. The lowest BCUT2D eigenvalue weighted by Gasteiger charge is -2.37. The van der Waals surface area contributed by atoms with Crippen LogP contribution in [0.4, 0.5) is 0 Å². The maximum absolute atomic E-state index is 11.2. The van der Waals surface area contributed by atoms with Crippen LogP contribution in [-0.4, -0.2) is 23.9 Å². The first kappa shape index (κ1) is 10.7. The van der Waals surface area contributed by atoms with Crippen LogP contribution in [0.25, 0.3) is 0 Å². The summed E-state index contributed by atoms with van der Waals surface area (Å²) in [6.45, 7) is 1.86. The molecule has 0 bridgehead atoms. The molecule has 0 aromatic heterocycles. The Balaban J connectivity index is 2.49. The molecule has 0 radical (unpaired) electrons. The third-order valence-electron chi connectivity index (χ3n) is 3.09. The van der Waals surface area contributed by atoms with Crippen LogP contribution in [0, 0.1) is 11.3 Å². The highest BCUT2D eigenvalue weighted by Crippen LogP contribution is 2.42. The van der Waals surface area contributed by atoms with Crippen LogP contribution < -0.4 is 0 Å². The Bertz CT molecular complexity index is 445. The number of allylic oxidation sites excluding steroid dienone is 4. The molecule has 16 heavy (non-hydrogen) atoms. The predicted octanol–water partition coefficient (Wildman–Crippen LogP) is 1.76. The molecule has 84 valence electrons. The van der Waals surface area contributed by atoms with Crippen LogP contribution in [0.3, 0.4) is 0 Å². The number of aliphatic imine (C=N–C) groups is 1. The SMILES string of the molecule is COC1=CC=C[C@@]2(C)C(C(=O)O)=NC=CC12. The highest BCUT2D eigenvalue weighted by atomic mass is 16.5. The molecule has 0 spiro atoms. The van der Waals surface area contributed by atoms with E-state index in [1.165, 1.54) is 6.20 Å². The summed E-state index contributed by atoms with van der Waals surface area (Å²) in [6, 6.07) is 0. The molecule has 1 heterocycles. The summed E-state index contributed by atoms with van der Waals surface area (Å²) in [7, 11) is 1.59. The molecule has 1 aliphatic heterocycles. The van der Waals surface area contributed by atoms with Crippen LogP contribution >= 0.6 is 0 Å². The van der Waals surface area contributed by atoms with Crippen LogP contribution in [0.1, 0.15) is 6.92 Å². The first-order valence-electron chi connectivity index (χ1n) is 5.01. The van der Waals surface area contributed by atoms with Crippen molar-refractivity contribution in [3.63, 3.8) is 0 Å². The molecule has 0 amide bonds. The average molecular weight is 219 g/mol. The van der Waals surface area contributed by atoms with Gasteiger partial charge in [-0.2, -0.15) is 0 Å². The Morgan fingerprint density at radius 3 is 3.00 bits per heavy atom. The molecule has 2 atom stereocenters. The molecule has 0 saturated heterocycles. The van der Waals surface area contributed by atoms with Crippen LogP contribution in [0.5, 0.6) is 0 Å². The van der Waals surface area contributed by atoms with E-state index in [9.17, 15) is 4.79 Å². The second-order valence-corrected chi connectivity index (χ2v) is 4.02. The molecule has 0 fully saturated rings. The maximum atomic E-state index is 11.2.